The van der Waals surface area contributed by atoms with Gasteiger partial charge >= 0.3 is 0 Å². The molecule has 6 nitrogen and oxygen atoms in total. The Hall–Kier alpha value is -3.19. The van der Waals surface area contributed by atoms with Crippen molar-refractivity contribution in [1.29, 1.82) is 5.41 Å². The normalized spacial score (nSPS) is 17.3. The summed E-state index contributed by atoms with van der Waals surface area (Å²) in [5.74, 6) is 0.389. The number of nitrogens with one attached hydrogen (secondary N) is 1. The topological polar surface area (TPSA) is 78.1 Å². The van der Waals surface area contributed by atoms with Gasteiger partial charge < -0.3 is 4.74 Å². The number of aliphatic imine (C=N–C) groups is 1. The van der Waals surface area contributed by atoms with Crippen molar-refractivity contribution < 1.29 is 9.53 Å². The highest BCUT2D eigenvalue weighted by Crippen LogP contribution is 2.29. The average molecular weight is 404 g/mol. The highest BCUT2D eigenvalue weighted by Gasteiger charge is 2.35. The third-order valence-corrected chi connectivity index (χ3v) is 5.37. The Bertz CT molecular complexity index is 1030. The number of thioether (sulfide) groups is 1. The molecule has 0 aliphatic carbocycles. The molecule has 2 heterocycles. The molecule has 1 N–H and O–H groups in total. The molecule has 0 saturated carbocycles. The maximum Gasteiger partial charge on any atom is 0.283 e. The zero-order valence-electron chi connectivity index (χ0n) is 16.0. The quantitative estimate of drug-likeness (QED) is 0.709. The van der Waals surface area contributed by atoms with Crippen molar-refractivity contribution in [2.24, 2.45) is 10.1 Å². The fourth-order valence-electron chi connectivity index (χ4n) is 2.91. The van der Waals surface area contributed by atoms with Crippen molar-refractivity contribution in [3.63, 3.8) is 0 Å². The lowest BCUT2D eigenvalue weighted by molar-refractivity contribution is -0.114. The van der Waals surface area contributed by atoms with Crippen LogP contribution < -0.4 is 4.74 Å². The Kier molecular flexibility index (Phi) is 5.57. The van der Waals surface area contributed by atoms with Crippen LogP contribution in [0, 0.1) is 5.41 Å². The monoisotopic (exact) mass is 404 g/mol. The molecule has 0 unspecified atom stereocenters. The van der Waals surface area contributed by atoms with Crippen molar-refractivity contribution in [3.8, 4) is 5.75 Å². The van der Waals surface area contributed by atoms with Crippen LogP contribution in [0.4, 0.5) is 0 Å². The van der Waals surface area contributed by atoms with Crippen molar-refractivity contribution in [1.82, 2.24) is 5.01 Å². The van der Waals surface area contributed by atoms with E-state index < -0.39 is 5.91 Å². The number of rotatable bonds is 6. The van der Waals surface area contributed by atoms with E-state index in [1.54, 1.807) is 6.08 Å². The first-order chi connectivity index (χ1) is 14.1. The van der Waals surface area contributed by atoms with Crippen molar-refractivity contribution in [3.05, 3.63) is 71.3 Å². The average Bonchev–Trinajstić information content (AvgIpc) is 3.14. The number of hydrazone groups is 1. The highest BCUT2D eigenvalue weighted by molar-refractivity contribution is 8.26. The maximum atomic E-state index is 12.4. The molecule has 0 fully saturated rings. The second-order valence-electron chi connectivity index (χ2n) is 6.61. The fourth-order valence-corrected chi connectivity index (χ4v) is 3.90. The van der Waals surface area contributed by atoms with E-state index in [1.807, 2.05) is 54.6 Å². The molecule has 146 valence electrons. The number of nitrogens with zero attached hydrogens (tertiary/aromatic N) is 3. The van der Waals surface area contributed by atoms with Gasteiger partial charge in [0.05, 0.1) is 5.57 Å². The summed E-state index contributed by atoms with van der Waals surface area (Å²) in [5, 5.41) is 15.6. The third-order valence-electron chi connectivity index (χ3n) is 4.40. The van der Waals surface area contributed by atoms with E-state index in [9.17, 15) is 4.79 Å². The number of hydrogen-bond donors (Lipinski definition) is 1. The first kappa shape index (κ1) is 19.1. The van der Waals surface area contributed by atoms with Gasteiger partial charge in [-0.05, 0) is 53.9 Å². The molecule has 0 radical (unpaired) electrons. The second-order valence-corrected chi connectivity index (χ2v) is 7.65. The van der Waals surface area contributed by atoms with Crippen molar-refractivity contribution in [2.45, 2.75) is 26.4 Å². The van der Waals surface area contributed by atoms with Gasteiger partial charge in [0.2, 0.25) is 5.17 Å². The lowest BCUT2D eigenvalue weighted by atomic mass is 10.1. The molecule has 2 aromatic rings. The summed E-state index contributed by atoms with van der Waals surface area (Å²) in [5.41, 5.74) is 2.13. The van der Waals surface area contributed by atoms with Crippen LogP contribution in [0.15, 0.2) is 70.3 Å². The van der Waals surface area contributed by atoms with Gasteiger partial charge in [0.25, 0.3) is 5.91 Å². The molecule has 7 heteroatoms. The van der Waals surface area contributed by atoms with Crippen LogP contribution in [0.5, 0.6) is 5.75 Å². The summed E-state index contributed by atoms with van der Waals surface area (Å²) in [7, 11) is 0. The molecule has 1 amide bonds. The number of carbonyl (C=O) groups is 1. The minimum atomic E-state index is -0.411. The fraction of sp³-hybridized carbons (Fsp3) is 0.182. The molecule has 4 rings (SSSR count). The summed E-state index contributed by atoms with van der Waals surface area (Å²) in [6, 6.07) is 17.4. The van der Waals surface area contributed by atoms with Crippen molar-refractivity contribution >= 4 is 39.8 Å². The Labute approximate surface area is 173 Å². The van der Waals surface area contributed by atoms with E-state index in [4.69, 9.17) is 10.1 Å². The maximum absolute atomic E-state index is 12.4. The zero-order chi connectivity index (χ0) is 20.2. The van der Waals surface area contributed by atoms with Gasteiger partial charge in [-0.2, -0.15) is 15.1 Å². The summed E-state index contributed by atoms with van der Waals surface area (Å²) in [6.07, 6.45) is 3.44. The number of amides is 1. The number of hydrogen-bond acceptors (Lipinski definition) is 5. The lowest BCUT2D eigenvalue weighted by Gasteiger charge is -2.20. The predicted molar refractivity (Wildman–Crippen MR) is 117 cm³/mol. The van der Waals surface area contributed by atoms with Crippen LogP contribution in [0.1, 0.15) is 30.9 Å². The number of amidine groups is 2. The molecular formula is C22H20N4O2S. The summed E-state index contributed by atoms with van der Waals surface area (Å²) >= 11 is 1.36. The van der Waals surface area contributed by atoms with Gasteiger partial charge in [-0.15, -0.1) is 0 Å². The highest BCUT2D eigenvalue weighted by atomic mass is 32.2. The Morgan fingerprint density at radius 1 is 1.14 bits per heavy atom. The molecule has 2 aliphatic heterocycles. The van der Waals surface area contributed by atoms with Gasteiger partial charge in [0, 0.05) is 0 Å². The molecule has 0 aromatic heterocycles. The predicted octanol–water partition coefficient (Wildman–Crippen LogP) is 4.68. The van der Waals surface area contributed by atoms with Crippen LogP contribution in [-0.4, -0.2) is 27.0 Å². The van der Waals surface area contributed by atoms with E-state index in [0.29, 0.717) is 11.8 Å². The van der Waals surface area contributed by atoms with E-state index in [0.717, 1.165) is 34.8 Å². The van der Waals surface area contributed by atoms with E-state index in [2.05, 4.69) is 17.0 Å². The van der Waals surface area contributed by atoms with Crippen LogP contribution in [-0.2, 0) is 11.4 Å². The van der Waals surface area contributed by atoms with Crippen LogP contribution in [0.25, 0.3) is 6.08 Å². The number of fused-ring (bicyclic) bond motifs is 1. The van der Waals surface area contributed by atoms with Gasteiger partial charge in [-0.1, -0.05) is 49.4 Å². The van der Waals surface area contributed by atoms with Gasteiger partial charge in [-0.3, -0.25) is 10.2 Å². The molecule has 0 atom stereocenters. The second kappa shape index (κ2) is 8.45. The van der Waals surface area contributed by atoms with Crippen molar-refractivity contribution in [2.75, 3.05) is 0 Å². The first-order valence-corrected chi connectivity index (χ1v) is 10.2. The Morgan fingerprint density at radius 2 is 1.90 bits per heavy atom. The number of benzene rings is 2. The van der Waals surface area contributed by atoms with Crippen LogP contribution >= 0.6 is 11.8 Å². The zero-order valence-corrected chi connectivity index (χ0v) is 16.8. The summed E-state index contributed by atoms with van der Waals surface area (Å²) < 4.78 is 5.79. The molecule has 2 aromatic carbocycles. The standard InChI is InChI=1S/C22H20N4O2S/c1-2-6-19-25-26-20(23)18(21(27)24-22(26)29-19)13-15-9-11-17(12-10-15)28-14-16-7-4-3-5-8-16/h3-5,7-13,23H,2,6,14H2,1H3/b18-13-,23-20?. The van der Waals surface area contributed by atoms with Gasteiger partial charge in [-0.25, -0.2) is 0 Å². The third kappa shape index (κ3) is 4.30. The number of carbonyl (C=O) groups excluding carboxylic acids is 1. The molecule has 0 spiro atoms. The van der Waals surface area contributed by atoms with Crippen LogP contribution in [0.2, 0.25) is 0 Å². The largest absolute Gasteiger partial charge is 0.489 e. The molecular weight excluding hydrogens is 384 g/mol. The van der Waals surface area contributed by atoms with E-state index in [1.165, 1.54) is 16.8 Å². The minimum absolute atomic E-state index is 0.0583. The SMILES string of the molecule is CCCC1=NN2C(=N)/C(=C/c3ccc(OCc4ccccc4)cc3)C(=O)N=C2S1. The molecule has 0 bridgehead atoms. The van der Waals surface area contributed by atoms with Crippen LogP contribution in [0.3, 0.4) is 0 Å². The lowest BCUT2D eigenvalue weighted by Crippen LogP contribution is -2.35. The molecule has 29 heavy (non-hydrogen) atoms. The number of ether oxygens (including phenoxy) is 1. The molecule has 2 aliphatic rings. The van der Waals surface area contributed by atoms with Gasteiger partial charge in [0.1, 0.15) is 17.4 Å². The summed E-state index contributed by atoms with van der Waals surface area (Å²) in [4.78, 5) is 16.5. The van der Waals surface area contributed by atoms with Gasteiger partial charge in [0.15, 0.2) is 5.84 Å². The smallest absolute Gasteiger partial charge is 0.283 e. The minimum Gasteiger partial charge on any atom is -0.489 e. The Morgan fingerprint density at radius 3 is 2.62 bits per heavy atom. The van der Waals surface area contributed by atoms with E-state index in [-0.39, 0.29) is 11.4 Å². The Balaban J connectivity index is 1.48. The molecule has 0 saturated heterocycles. The summed E-state index contributed by atoms with van der Waals surface area (Å²) in [6.45, 7) is 2.56. The van der Waals surface area contributed by atoms with E-state index >= 15 is 0 Å². The first-order valence-electron chi connectivity index (χ1n) is 9.40.